The number of ether oxygens (including phenoxy) is 1. The van der Waals surface area contributed by atoms with Crippen LogP contribution in [0.15, 0.2) is 29.2 Å². The Labute approximate surface area is 112 Å². The van der Waals surface area contributed by atoms with Gasteiger partial charge in [0.2, 0.25) is 10.0 Å². The molecule has 106 valence electrons. The van der Waals surface area contributed by atoms with Crippen LogP contribution in [-0.2, 0) is 14.8 Å². The van der Waals surface area contributed by atoms with Crippen LogP contribution in [0.5, 0.6) is 0 Å². The second-order valence-corrected chi connectivity index (χ2v) is 6.46. The van der Waals surface area contributed by atoms with Gasteiger partial charge in [0, 0.05) is 19.1 Å². The number of hydrogen-bond donors (Lipinski definition) is 1. The van der Waals surface area contributed by atoms with Crippen molar-refractivity contribution in [3.05, 3.63) is 30.1 Å². The van der Waals surface area contributed by atoms with Crippen molar-refractivity contribution in [2.75, 3.05) is 19.7 Å². The minimum absolute atomic E-state index is 0.0819. The molecule has 1 aromatic carbocycles. The molecule has 1 aliphatic rings. The average Bonchev–Trinajstić information content (AvgIpc) is 2.39. The van der Waals surface area contributed by atoms with Crippen LogP contribution in [0.3, 0.4) is 0 Å². The predicted molar refractivity (Wildman–Crippen MR) is 68.5 cm³/mol. The van der Waals surface area contributed by atoms with Gasteiger partial charge in [-0.15, -0.1) is 0 Å². The summed E-state index contributed by atoms with van der Waals surface area (Å²) in [4.78, 5) is 0.0819. The van der Waals surface area contributed by atoms with Crippen molar-refractivity contribution >= 4 is 10.0 Å². The smallest absolute Gasteiger partial charge is 0.243 e. The van der Waals surface area contributed by atoms with Gasteiger partial charge in [-0.1, -0.05) is 0 Å². The van der Waals surface area contributed by atoms with Gasteiger partial charge in [0.15, 0.2) is 0 Å². The van der Waals surface area contributed by atoms with E-state index in [0.29, 0.717) is 6.61 Å². The highest BCUT2D eigenvalue weighted by atomic mass is 32.2. The summed E-state index contributed by atoms with van der Waals surface area (Å²) in [5.41, 5.74) is 5.52. The van der Waals surface area contributed by atoms with Gasteiger partial charge in [-0.25, -0.2) is 12.8 Å². The Morgan fingerprint density at radius 3 is 2.63 bits per heavy atom. The van der Waals surface area contributed by atoms with Crippen molar-refractivity contribution in [2.24, 2.45) is 5.73 Å². The molecule has 2 unspecified atom stereocenters. The second kappa shape index (κ2) is 5.54. The summed E-state index contributed by atoms with van der Waals surface area (Å²) >= 11 is 0. The molecule has 19 heavy (non-hydrogen) atoms. The van der Waals surface area contributed by atoms with E-state index >= 15 is 0 Å². The molecule has 1 fully saturated rings. The Morgan fingerprint density at radius 2 is 2.05 bits per heavy atom. The molecule has 5 nitrogen and oxygen atoms in total. The number of benzene rings is 1. The zero-order valence-corrected chi connectivity index (χ0v) is 11.4. The zero-order valence-electron chi connectivity index (χ0n) is 10.6. The summed E-state index contributed by atoms with van der Waals surface area (Å²) in [6, 6.07) is 4.55. The van der Waals surface area contributed by atoms with Crippen LogP contribution in [0.25, 0.3) is 0 Å². The lowest BCUT2D eigenvalue weighted by Gasteiger charge is -2.36. The lowest BCUT2D eigenvalue weighted by molar-refractivity contribution is -0.0219. The SMILES string of the molecule is CC1COC(CN)CN1S(=O)(=O)c1ccc(F)cc1. The van der Waals surface area contributed by atoms with Gasteiger partial charge >= 0.3 is 0 Å². The van der Waals surface area contributed by atoms with Gasteiger partial charge in [-0.2, -0.15) is 4.31 Å². The first kappa shape index (κ1) is 14.4. The minimum atomic E-state index is -3.64. The van der Waals surface area contributed by atoms with Gasteiger partial charge in [0.25, 0.3) is 0 Å². The summed E-state index contributed by atoms with van der Waals surface area (Å²) in [6.45, 7) is 2.57. The van der Waals surface area contributed by atoms with Crippen LogP contribution in [0.4, 0.5) is 4.39 Å². The number of hydrogen-bond acceptors (Lipinski definition) is 4. The quantitative estimate of drug-likeness (QED) is 0.882. The predicted octanol–water partition coefficient (Wildman–Crippen LogP) is 0.562. The van der Waals surface area contributed by atoms with Crippen LogP contribution in [0.2, 0.25) is 0 Å². The minimum Gasteiger partial charge on any atom is -0.374 e. The summed E-state index contributed by atoms with van der Waals surface area (Å²) in [6.07, 6.45) is -0.300. The summed E-state index contributed by atoms with van der Waals surface area (Å²) in [5, 5.41) is 0. The lowest BCUT2D eigenvalue weighted by atomic mass is 10.2. The number of rotatable bonds is 3. The topological polar surface area (TPSA) is 72.6 Å². The lowest BCUT2D eigenvalue weighted by Crippen LogP contribution is -2.52. The Hall–Kier alpha value is -1.02. The van der Waals surface area contributed by atoms with Crippen molar-refractivity contribution in [2.45, 2.75) is 24.0 Å². The highest BCUT2D eigenvalue weighted by Crippen LogP contribution is 2.22. The van der Waals surface area contributed by atoms with E-state index in [1.165, 1.54) is 16.4 Å². The zero-order chi connectivity index (χ0) is 14.0. The molecule has 1 aromatic rings. The highest BCUT2D eigenvalue weighted by molar-refractivity contribution is 7.89. The van der Waals surface area contributed by atoms with Gasteiger partial charge in [-0.05, 0) is 31.2 Å². The fraction of sp³-hybridized carbons (Fsp3) is 0.500. The Bertz CT molecular complexity index is 532. The molecule has 1 aliphatic heterocycles. The first-order valence-electron chi connectivity index (χ1n) is 6.04. The maximum Gasteiger partial charge on any atom is 0.243 e. The van der Waals surface area contributed by atoms with Gasteiger partial charge in [0.05, 0.1) is 17.6 Å². The number of nitrogens with zero attached hydrogens (tertiary/aromatic N) is 1. The van der Waals surface area contributed by atoms with Crippen molar-refractivity contribution in [1.82, 2.24) is 4.31 Å². The molecule has 0 saturated carbocycles. The molecular formula is C12H17FN2O3S. The molecule has 0 aromatic heterocycles. The molecule has 0 aliphatic carbocycles. The molecule has 2 atom stereocenters. The van der Waals surface area contributed by atoms with Gasteiger partial charge in [-0.3, -0.25) is 0 Å². The van der Waals surface area contributed by atoms with Crippen molar-refractivity contribution < 1.29 is 17.5 Å². The van der Waals surface area contributed by atoms with Crippen LogP contribution in [-0.4, -0.2) is 44.6 Å². The van der Waals surface area contributed by atoms with E-state index in [4.69, 9.17) is 10.5 Å². The normalized spacial score (nSPS) is 25.4. The Balaban J connectivity index is 2.29. The first-order valence-corrected chi connectivity index (χ1v) is 7.48. The Morgan fingerprint density at radius 1 is 1.42 bits per heavy atom. The maximum absolute atomic E-state index is 12.9. The number of halogens is 1. The van der Waals surface area contributed by atoms with E-state index in [1.54, 1.807) is 6.92 Å². The second-order valence-electron chi connectivity index (χ2n) is 4.57. The third kappa shape index (κ3) is 2.94. The summed E-state index contributed by atoms with van der Waals surface area (Å²) in [5.74, 6) is -0.464. The molecule has 2 N–H and O–H groups in total. The third-order valence-corrected chi connectivity index (χ3v) is 5.13. The van der Waals surface area contributed by atoms with Crippen molar-refractivity contribution in [1.29, 1.82) is 0 Å². The maximum atomic E-state index is 12.9. The fourth-order valence-electron chi connectivity index (χ4n) is 2.01. The van der Waals surface area contributed by atoms with Crippen LogP contribution in [0, 0.1) is 5.82 Å². The monoisotopic (exact) mass is 288 g/mol. The van der Waals surface area contributed by atoms with Crippen LogP contribution < -0.4 is 5.73 Å². The van der Waals surface area contributed by atoms with Crippen molar-refractivity contribution in [3.63, 3.8) is 0 Å². The van der Waals surface area contributed by atoms with E-state index in [-0.39, 0.29) is 30.1 Å². The number of morpholine rings is 1. The molecule has 1 heterocycles. The Kier molecular flexibility index (Phi) is 4.19. The van der Waals surface area contributed by atoms with E-state index in [1.807, 2.05) is 0 Å². The molecule has 0 radical (unpaired) electrons. The largest absolute Gasteiger partial charge is 0.374 e. The molecule has 0 bridgehead atoms. The van der Waals surface area contributed by atoms with Gasteiger partial charge < -0.3 is 10.5 Å². The van der Waals surface area contributed by atoms with Gasteiger partial charge in [0.1, 0.15) is 5.82 Å². The highest BCUT2D eigenvalue weighted by Gasteiger charge is 2.34. The van der Waals surface area contributed by atoms with Crippen molar-refractivity contribution in [3.8, 4) is 0 Å². The average molecular weight is 288 g/mol. The molecule has 2 rings (SSSR count). The molecule has 1 saturated heterocycles. The third-order valence-electron chi connectivity index (χ3n) is 3.13. The summed E-state index contributed by atoms with van der Waals surface area (Å²) in [7, 11) is -3.64. The van der Waals surface area contributed by atoms with E-state index in [0.717, 1.165) is 12.1 Å². The molecular weight excluding hydrogens is 271 g/mol. The number of nitrogens with two attached hydrogens (primary N) is 1. The molecule has 0 spiro atoms. The standard InChI is InChI=1S/C12H17FN2O3S/c1-9-8-18-11(6-14)7-15(9)19(16,17)12-4-2-10(13)3-5-12/h2-5,9,11H,6-8,14H2,1H3. The molecule has 7 heteroatoms. The molecule has 0 amide bonds. The van der Waals surface area contributed by atoms with E-state index < -0.39 is 15.8 Å². The number of sulfonamides is 1. The fourth-order valence-corrected chi connectivity index (χ4v) is 3.66. The van der Waals surface area contributed by atoms with E-state index in [9.17, 15) is 12.8 Å². The summed E-state index contributed by atoms with van der Waals surface area (Å²) < 4.78 is 44.6. The van der Waals surface area contributed by atoms with Crippen LogP contribution >= 0.6 is 0 Å². The van der Waals surface area contributed by atoms with E-state index in [2.05, 4.69) is 0 Å². The first-order chi connectivity index (χ1) is 8.95. The van der Waals surface area contributed by atoms with Crippen LogP contribution in [0.1, 0.15) is 6.92 Å².